The van der Waals surface area contributed by atoms with E-state index in [-0.39, 0.29) is 25.0 Å². The van der Waals surface area contributed by atoms with Crippen LogP contribution < -0.4 is 15.8 Å². The quantitative estimate of drug-likeness (QED) is 0.715. The maximum atomic E-state index is 11.0. The van der Waals surface area contributed by atoms with Gasteiger partial charge in [-0.1, -0.05) is 12.1 Å². The monoisotopic (exact) mass is 306 g/mol. The van der Waals surface area contributed by atoms with E-state index in [1.54, 1.807) is 0 Å². The number of benzene rings is 1. The van der Waals surface area contributed by atoms with Crippen LogP contribution in [0, 0.1) is 5.92 Å². The Morgan fingerprint density at radius 2 is 1.91 bits per heavy atom. The van der Waals surface area contributed by atoms with Crippen LogP contribution >= 0.6 is 0 Å². The van der Waals surface area contributed by atoms with Crippen molar-refractivity contribution in [3.63, 3.8) is 0 Å². The van der Waals surface area contributed by atoms with E-state index in [0.29, 0.717) is 18.6 Å². The van der Waals surface area contributed by atoms with Gasteiger partial charge in [0.2, 0.25) is 5.91 Å². The van der Waals surface area contributed by atoms with Gasteiger partial charge in [0.05, 0.1) is 24.6 Å². The molecular weight excluding hydrogens is 284 g/mol. The lowest BCUT2D eigenvalue weighted by Crippen LogP contribution is -2.29. The average Bonchev–Trinajstić information content (AvgIpc) is 2.49. The molecule has 0 atom stereocenters. The lowest BCUT2D eigenvalue weighted by molar-refractivity contribution is -0.142. The number of ether oxygens (including phenoxy) is 1. The molecule has 1 fully saturated rings. The van der Waals surface area contributed by atoms with Crippen LogP contribution in [0.25, 0.3) is 0 Å². The van der Waals surface area contributed by atoms with E-state index in [1.165, 1.54) is 0 Å². The van der Waals surface area contributed by atoms with Gasteiger partial charge in [0.1, 0.15) is 5.75 Å². The number of anilines is 1. The van der Waals surface area contributed by atoms with E-state index >= 15 is 0 Å². The smallest absolute Gasteiger partial charge is 0.306 e. The van der Waals surface area contributed by atoms with E-state index in [2.05, 4.69) is 5.32 Å². The Hall–Kier alpha value is -2.24. The standard InChI is InChI=1S/C16H22N2O4/c17-15(19)9-10-22-14-4-2-1-3-13(14)18-12-7-5-11(6-8-12)16(20)21/h1-4,11-12,18H,5-10H2,(H2,17,19)(H,20,21). The molecule has 4 N–H and O–H groups in total. The summed E-state index contributed by atoms with van der Waals surface area (Å²) in [7, 11) is 0. The fourth-order valence-electron chi connectivity index (χ4n) is 2.68. The molecule has 22 heavy (non-hydrogen) atoms. The molecule has 1 aliphatic rings. The van der Waals surface area contributed by atoms with Crippen molar-refractivity contribution < 1.29 is 19.4 Å². The maximum Gasteiger partial charge on any atom is 0.306 e. The molecule has 1 saturated carbocycles. The Morgan fingerprint density at radius 3 is 2.55 bits per heavy atom. The number of amides is 1. The lowest BCUT2D eigenvalue weighted by atomic mass is 9.86. The van der Waals surface area contributed by atoms with E-state index in [9.17, 15) is 9.59 Å². The second kappa shape index (κ2) is 7.68. The summed E-state index contributed by atoms with van der Waals surface area (Å²) in [5, 5.41) is 12.4. The molecule has 0 unspecified atom stereocenters. The third kappa shape index (κ3) is 4.65. The van der Waals surface area contributed by atoms with Gasteiger partial charge in [-0.05, 0) is 37.8 Å². The van der Waals surface area contributed by atoms with Gasteiger partial charge in [-0.3, -0.25) is 9.59 Å². The molecule has 1 amide bonds. The fraction of sp³-hybridized carbons (Fsp3) is 0.500. The second-order valence-electron chi connectivity index (χ2n) is 5.59. The molecule has 0 heterocycles. The lowest BCUT2D eigenvalue weighted by Gasteiger charge is -2.28. The van der Waals surface area contributed by atoms with Crippen LogP contribution in [0.2, 0.25) is 0 Å². The Balaban J connectivity index is 1.90. The number of carboxylic acids is 1. The van der Waals surface area contributed by atoms with Crippen molar-refractivity contribution >= 4 is 17.6 Å². The first-order valence-electron chi connectivity index (χ1n) is 7.55. The van der Waals surface area contributed by atoms with E-state index in [1.807, 2.05) is 24.3 Å². The molecule has 0 bridgehead atoms. The number of primary amides is 1. The highest BCUT2D eigenvalue weighted by molar-refractivity contribution is 5.73. The number of carbonyl (C=O) groups excluding carboxylic acids is 1. The average molecular weight is 306 g/mol. The first-order chi connectivity index (χ1) is 10.6. The highest BCUT2D eigenvalue weighted by Crippen LogP contribution is 2.30. The molecule has 1 aromatic carbocycles. The van der Waals surface area contributed by atoms with Crippen molar-refractivity contribution in [2.75, 3.05) is 11.9 Å². The van der Waals surface area contributed by atoms with Crippen molar-refractivity contribution in [1.82, 2.24) is 0 Å². The SMILES string of the molecule is NC(=O)CCOc1ccccc1NC1CCC(C(=O)O)CC1. The number of para-hydroxylation sites is 2. The molecule has 0 saturated heterocycles. The predicted molar refractivity (Wildman–Crippen MR) is 82.8 cm³/mol. The Kier molecular flexibility index (Phi) is 5.63. The number of aliphatic carboxylic acids is 1. The molecule has 120 valence electrons. The Morgan fingerprint density at radius 1 is 1.23 bits per heavy atom. The number of nitrogens with one attached hydrogen (secondary N) is 1. The van der Waals surface area contributed by atoms with Gasteiger partial charge in [-0.25, -0.2) is 0 Å². The zero-order valence-corrected chi connectivity index (χ0v) is 12.5. The maximum absolute atomic E-state index is 11.0. The van der Waals surface area contributed by atoms with Crippen molar-refractivity contribution in [2.45, 2.75) is 38.1 Å². The van der Waals surface area contributed by atoms with Crippen molar-refractivity contribution in [1.29, 1.82) is 0 Å². The molecule has 0 aliphatic heterocycles. The largest absolute Gasteiger partial charge is 0.491 e. The molecule has 2 rings (SSSR count). The minimum absolute atomic E-state index is 0.179. The number of carboxylic acid groups (broad SMARTS) is 1. The third-order valence-corrected chi connectivity index (χ3v) is 3.93. The van der Waals surface area contributed by atoms with Crippen molar-refractivity contribution in [3.8, 4) is 5.75 Å². The molecule has 0 spiro atoms. The van der Waals surface area contributed by atoms with Gasteiger partial charge in [-0.2, -0.15) is 0 Å². The normalized spacial score (nSPS) is 21.1. The topological polar surface area (TPSA) is 102 Å². The second-order valence-corrected chi connectivity index (χ2v) is 5.59. The fourth-order valence-corrected chi connectivity index (χ4v) is 2.68. The first kappa shape index (κ1) is 16.1. The summed E-state index contributed by atoms with van der Waals surface area (Å²) >= 11 is 0. The van der Waals surface area contributed by atoms with Gasteiger partial charge < -0.3 is 20.9 Å². The summed E-state index contributed by atoms with van der Waals surface area (Å²) in [5.74, 6) is -0.629. The van der Waals surface area contributed by atoms with Crippen LogP contribution in [0.4, 0.5) is 5.69 Å². The minimum Gasteiger partial charge on any atom is -0.491 e. The van der Waals surface area contributed by atoms with Crippen LogP contribution in [-0.4, -0.2) is 29.6 Å². The van der Waals surface area contributed by atoms with Crippen LogP contribution in [-0.2, 0) is 9.59 Å². The summed E-state index contributed by atoms with van der Waals surface area (Å²) in [4.78, 5) is 21.7. The number of hydrogen-bond acceptors (Lipinski definition) is 4. The van der Waals surface area contributed by atoms with Gasteiger partial charge in [0.15, 0.2) is 0 Å². The molecule has 0 aromatic heterocycles. The first-order valence-corrected chi connectivity index (χ1v) is 7.55. The van der Waals surface area contributed by atoms with E-state index in [0.717, 1.165) is 18.5 Å². The highest BCUT2D eigenvalue weighted by Gasteiger charge is 2.26. The predicted octanol–water partition coefficient (Wildman–Crippen LogP) is 2.00. The van der Waals surface area contributed by atoms with Crippen molar-refractivity contribution in [3.05, 3.63) is 24.3 Å². The Bertz CT molecular complexity index is 525. The highest BCUT2D eigenvalue weighted by atomic mass is 16.5. The van der Waals surface area contributed by atoms with Crippen molar-refractivity contribution in [2.24, 2.45) is 11.7 Å². The Labute approximate surface area is 129 Å². The number of carbonyl (C=O) groups is 2. The minimum atomic E-state index is -0.700. The molecule has 6 heteroatoms. The molecule has 1 aliphatic carbocycles. The molecule has 0 radical (unpaired) electrons. The number of hydrogen-bond donors (Lipinski definition) is 3. The molecule has 1 aromatic rings. The number of nitrogens with two attached hydrogens (primary N) is 1. The van der Waals surface area contributed by atoms with Gasteiger partial charge in [-0.15, -0.1) is 0 Å². The van der Waals surface area contributed by atoms with E-state index in [4.69, 9.17) is 15.6 Å². The summed E-state index contributed by atoms with van der Waals surface area (Å²) in [6.07, 6.45) is 3.21. The van der Waals surface area contributed by atoms with Gasteiger partial charge in [0.25, 0.3) is 0 Å². The summed E-state index contributed by atoms with van der Waals surface area (Å²) < 4.78 is 5.59. The van der Waals surface area contributed by atoms with Gasteiger partial charge >= 0.3 is 5.97 Å². The zero-order valence-electron chi connectivity index (χ0n) is 12.5. The van der Waals surface area contributed by atoms with Gasteiger partial charge in [0, 0.05) is 6.04 Å². The zero-order chi connectivity index (χ0) is 15.9. The third-order valence-electron chi connectivity index (χ3n) is 3.93. The summed E-state index contributed by atoms with van der Waals surface area (Å²) in [5.41, 5.74) is 5.97. The van der Waals surface area contributed by atoms with Crippen LogP contribution in [0.5, 0.6) is 5.75 Å². The number of rotatable bonds is 7. The van der Waals surface area contributed by atoms with Crippen LogP contribution in [0.1, 0.15) is 32.1 Å². The molecular formula is C16H22N2O4. The van der Waals surface area contributed by atoms with Crippen LogP contribution in [0.15, 0.2) is 24.3 Å². The molecule has 6 nitrogen and oxygen atoms in total. The summed E-state index contributed by atoms with van der Waals surface area (Å²) in [6.45, 7) is 0.250. The van der Waals surface area contributed by atoms with Crippen LogP contribution in [0.3, 0.4) is 0 Å². The summed E-state index contributed by atoms with van der Waals surface area (Å²) in [6, 6.07) is 7.78. The van der Waals surface area contributed by atoms with E-state index < -0.39 is 11.9 Å².